The Morgan fingerprint density at radius 2 is 2.00 bits per heavy atom. The van der Waals surface area contributed by atoms with Crippen molar-refractivity contribution in [3.8, 4) is 0 Å². The maximum absolute atomic E-state index is 13.4. The van der Waals surface area contributed by atoms with Crippen LogP contribution in [-0.2, 0) is 9.53 Å². The van der Waals surface area contributed by atoms with E-state index in [9.17, 15) is 14.4 Å². The van der Waals surface area contributed by atoms with E-state index >= 15 is 0 Å². The molecule has 3 aromatic rings. The van der Waals surface area contributed by atoms with Crippen molar-refractivity contribution in [2.45, 2.75) is 12.3 Å². The molecular formula is C21H20N4O4. The molecule has 1 aromatic carbocycles. The number of para-hydroxylation sites is 1. The SMILES string of the molecule is CN(C)C(=O)n1cc(C(=O)C2COC(c3cccnc3)N2C=O)c2ccccc21. The highest BCUT2D eigenvalue weighted by molar-refractivity contribution is 6.12. The molecule has 1 fully saturated rings. The van der Waals surface area contributed by atoms with Gasteiger partial charge in [-0.2, -0.15) is 0 Å². The Labute approximate surface area is 167 Å². The van der Waals surface area contributed by atoms with E-state index in [-0.39, 0.29) is 18.4 Å². The standard InChI is InChI=1S/C21H20N4O4/c1-23(2)21(28)24-11-16(15-7-3-4-8-17(15)24)19(27)18-12-29-20(25(18)13-26)14-6-5-9-22-10-14/h3-11,13,18,20H,12H2,1-2H3. The minimum Gasteiger partial charge on any atom is -0.351 e. The summed E-state index contributed by atoms with van der Waals surface area (Å²) in [5.41, 5.74) is 1.71. The number of ketones is 1. The molecule has 0 N–H and O–H groups in total. The van der Waals surface area contributed by atoms with Gasteiger partial charge in [-0.15, -0.1) is 0 Å². The van der Waals surface area contributed by atoms with Crippen LogP contribution in [0.4, 0.5) is 4.79 Å². The number of hydrogen-bond donors (Lipinski definition) is 0. The summed E-state index contributed by atoms with van der Waals surface area (Å²) in [6.07, 6.45) is 4.72. The van der Waals surface area contributed by atoms with Crippen LogP contribution in [0.2, 0.25) is 0 Å². The van der Waals surface area contributed by atoms with Crippen LogP contribution in [0.1, 0.15) is 22.1 Å². The van der Waals surface area contributed by atoms with E-state index in [1.165, 1.54) is 20.6 Å². The van der Waals surface area contributed by atoms with Gasteiger partial charge < -0.3 is 14.5 Å². The summed E-state index contributed by atoms with van der Waals surface area (Å²) in [7, 11) is 3.30. The third-order valence-electron chi connectivity index (χ3n) is 5.00. The van der Waals surface area contributed by atoms with Crippen molar-refractivity contribution in [2.24, 2.45) is 0 Å². The van der Waals surface area contributed by atoms with Gasteiger partial charge in [0, 0.05) is 49.2 Å². The van der Waals surface area contributed by atoms with Crippen molar-refractivity contribution >= 4 is 29.1 Å². The Morgan fingerprint density at radius 3 is 2.69 bits per heavy atom. The van der Waals surface area contributed by atoms with Crippen LogP contribution in [0, 0.1) is 0 Å². The Kier molecular flexibility index (Phi) is 4.85. The number of pyridine rings is 1. The van der Waals surface area contributed by atoms with E-state index < -0.39 is 12.3 Å². The van der Waals surface area contributed by atoms with Gasteiger partial charge in [-0.1, -0.05) is 24.3 Å². The van der Waals surface area contributed by atoms with Gasteiger partial charge in [0.15, 0.2) is 12.0 Å². The summed E-state index contributed by atoms with van der Waals surface area (Å²) in [4.78, 5) is 44.6. The summed E-state index contributed by atoms with van der Waals surface area (Å²) >= 11 is 0. The molecule has 1 saturated heterocycles. The van der Waals surface area contributed by atoms with Crippen molar-refractivity contribution in [1.82, 2.24) is 19.4 Å². The average molecular weight is 392 g/mol. The summed E-state index contributed by atoms with van der Waals surface area (Å²) in [5, 5.41) is 0.656. The Bertz CT molecular complexity index is 1080. The van der Waals surface area contributed by atoms with E-state index in [1.54, 1.807) is 50.8 Å². The third-order valence-corrected chi connectivity index (χ3v) is 5.00. The van der Waals surface area contributed by atoms with Gasteiger partial charge in [0.2, 0.25) is 6.41 Å². The number of fused-ring (bicyclic) bond motifs is 1. The Morgan fingerprint density at radius 1 is 1.21 bits per heavy atom. The number of aromatic nitrogens is 2. The number of amides is 2. The highest BCUT2D eigenvalue weighted by Gasteiger charge is 2.40. The summed E-state index contributed by atoms with van der Waals surface area (Å²) in [6, 6.07) is 9.70. The first-order valence-electron chi connectivity index (χ1n) is 9.13. The third kappa shape index (κ3) is 3.17. The van der Waals surface area contributed by atoms with Crippen molar-refractivity contribution in [2.75, 3.05) is 20.7 Å². The Balaban J connectivity index is 1.72. The zero-order valence-corrected chi connectivity index (χ0v) is 16.1. The van der Waals surface area contributed by atoms with E-state index in [0.717, 1.165) is 0 Å². The minimum atomic E-state index is -0.786. The second kappa shape index (κ2) is 7.48. The average Bonchev–Trinajstić information content (AvgIpc) is 3.35. The van der Waals surface area contributed by atoms with E-state index in [1.807, 2.05) is 12.1 Å². The topological polar surface area (TPSA) is 84.7 Å². The zero-order chi connectivity index (χ0) is 20.5. The van der Waals surface area contributed by atoms with Gasteiger partial charge in [-0.05, 0) is 12.1 Å². The summed E-state index contributed by atoms with van der Waals surface area (Å²) < 4.78 is 7.20. The number of carbonyl (C=O) groups excluding carboxylic acids is 3. The molecule has 0 bridgehead atoms. The fraction of sp³-hybridized carbons (Fsp3) is 0.238. The summed E-state index contributed by atoms with van der Waals surface area (Å²) in [6.45, 7) is 0.0677. The molecular weight excluding hydrogens is 372 g/mol. The molecule has 2 amide bonds. The lowest BCUT2D eigenvalue weighted by molar-refractivity contribution is -0.123. The number of Topliss-reactive ketones (excluding diaryl/α,β-unsaturated/α-hetero) is 1. The number of hydrogen-bond acceptors (Lipinski definition) is 5. The first kappa shape index (κ1) is 18.8. The van der Waals surface area contributed by atoms with Crippen molar-refractivity contribution in [3.05, 3.63) is 66.1 Å². The fourth-order valence-electron chi connectivity index (χ4n) is 3.58. The lowest BCUT2D eigenvalue weighted by Crippen LogP contribution is -2.38. The van der Waals surface area contributed by atoms with E-state index in [0.29, 0.717) is 28.4 Å². The first-order valence-corrected chi connectivity index (χ1v) is 9.13. The minimum absolute atomic E-state index is 0.0677. The number of rotatable bonds is 4. The molecule has 3 heterocycles. The molecule has 8 nitrogen and oxygen atoms in total. The molecule has 0 aliphatic carbocycles. The number of nitrogens with zero attached hydrogens (tertiary/aromatic N) is 4. The lowest BCUT2D eigenvalue weighted by Gasteiger charge is -2.22. The van der Waals surface area contributed by atoms with E-state index in [2.05, 4.69) is 4.98 Å². The summed E-state index contributed by atoms with van der Waals surface area (Å²) in [5.74, 6) is -0.273. The number of benzene rings is 1. The van der Waals surface area contributed by atoms with Crippen LogP contribution in [0.3, 0.4) is 0 Å². The molecule has 2 aromatic heterocycles. The smallest absolute Gasteiger partial charge is 0.328 e. The van der Waals surface area contributed by atoms with Gasteiger partial charge in [-0.3, -0.25) is 19.1 Å². The molecule has 0 radical (unpaired) electrons. The number of ether oxygens (including phenoxy) is 1. The van der Waals surface area contributed by atoms with Crippen molar-refractivity contribution < 1.29 is 19.1 Å². The maximum atomic E-state index is 13.4. The Hall–Kier alpha value is -3.52. The van der Waals surface area contributed by atoms with Gasteiger partial charge in [0.1, 0.15) is 6.04 Å². The quantitative estimate of drug-likeness (QED) is 0.502. The van der Waals surface area contributed by atoms with Crippen molar-refractivity contribution in [3.63, 3.8) is 0 Å². The van der Waals surface area contributed by atoms with Gasteiger partial charge in [0.05, 0.1) is 12.1 Å². The largest absolute Gasteiger partial charge is 0.351 e. The van der Waals surface area contributed by atoms with Gasteiger partial charge in [0.25, 0.3) is 0 Å². The predicted octanol–water partition coefficient (Wildman–Crippen LogP) is 2.30. The van der Waals surface area contributed by atoms with Crippen molar-refractivity contribution in [1.29, 1.82) is 0 Å². The van der Waals surface area contributed by atoms with Crippen LogP contribution < -0.4 is 0 Å². The molecule has 4 rings (SSSR count). The molecule has 148 valence electrons. The van der Waals surface area contributed by atoms with Crippen LogP contribution in [0.15, 0.2) is 55.0 Å². The fourth-order valence-corrected chi connectivity index (χ4v) is 3.58. The van der Waals surface area contributed by atoms with Gasteiger partial charge in [-0.25, -0.2) is 4.79 Å². The molecule has 0 saturated carbocycles. The van der Waals surface area contributed by atoms with Gasteiger partial charge >= 0.3 is 6.03 Å². The van der Waals surface area contributed by atoms with Crippen LogP contribution in [0.25, 0.3) is 10.9 Å². The number of carbonyl (C=O) groups is 3. The molecule has 2 unspecified atom stereocenters. The molecule has 0 spiro atoms. The maximum Gasteiger partial charge on any atom is 0.328 e. The molecule has 8 heteroatoms. The van der Waals surface area contributed by atoms with Crippen LogP contribution >= 0.6 is 0 Å². The lowest BCUT2D eigenvalue weighted by atomic mass is 10.0. The molecule has 2 atom stereocenters. The predicted molar refractivity (Wildman–Crippen MR) is 105 cm³/mol. The molecule has 1 aliphatic heterocycles. The molecule has 29 heavy (non-hydrogen) atoms. The monoisotopic (exact) mass is 392 g/mol. The highest BCUT2D eigenvalue weighted by atomic mass is 16.5. The molecule has 1 aliphatic rings. The second-order valence-electron chi connectivity index (χ2n) is 7.01. The normalized spacial score (nSPS) is 18.8. The second-order valence-corrected chi connectivity index (χ2v) is 7.01. The van der Waals surface area contributed by atoms with Crippen LogP contribution in [0.5, 0.6) is 0 Å². The van der Waals surface area contributed by atoms with Crippen LogP contribution in [-0.4, -0.2) is 64.3 Å². The highest BCUT2D eigenvalue weighted by Crippen LogP contribution is 2.32. The first-order chi connectivity index (χ1) is 14.0. The van der Waals surface area contributed by atoms with E-state index in [4.69, 9.17) is 4.74 Å². The zero-order valence-electron chi connectivity index (χ0n) is 16.1.